The molecule has 1 fully saturated rings. The van der Waals surface area contributed by atoms with Crippen LogP contribution in [-0.4, -0.2) is 76.7 Å². The van der Waals surface area contributed by atoms with Crippen LogP contribution in [0.15, 0.2) is 58.6 Å². The molecule has 13 nitrogen and oxygen atoms in total. The summed E-state index contributed by atoms with van der Waals surface area (Å²) in [6, 6.07) is 13.0. The van der Waals surface area contributed by atoms with Crippen LogP contribution in [0.25, 0.3) is 0 Å². The van der Waals surface area contributed by atoms with Crippen molar-refractivity contribution in [1.29, 1.82) is 0 Å². The molecule has 2 unspecified atom stereocenters. The molecule has 1 saturated heterocycles. The van der Waals surface area contributed by atoms with Crippen molar-refractivity contribution < 1.29 is 41.8 Å². The Balaban J connectivity index is 0.000000266. The molecule has 2 amide bonds. The molecule has 15 heteroatoms. The number of nitrogens with one attached hydrogen (secondary N) is 2. The summed E-state index contributed by atoms with van der Waals surface area (Å²) in [4.78, 5) is 32.3. The van der Waals surface area contributed by atoms with Crippen molar-refractivity contribution in [2.45, 2.75) is 38.3 Å². The highest BCUT2D eigenvalue weighted by Gasteiger charge is 2.17. The van der Waals surface area contributed by atoms with Crippen molar-refractivity contribution in [2.24, 2.45) is 5.16 Å². The Morgan fingerprint density at radius 1 is 1.11 bits per heavy atom. The molecule has 0 saturated carbocycles. The number of hydrogen-bond donors (Lipinski definition) is 3. The number of nitrogens with zero attached hydrogens (tertiary/aromatic N) is 3. The van der Waals surface area contributed by atoms with Crippen LogP contribution in [0.3, 0.4) is 0 Å². The number of carbonyl (C=O) groups is 2. The van der Waals surface area contributed by atoms with E-state index in [-0.39, 0.29) is 41.4 Å². The number of aromatic nitrogens is 2. The zero-order valence-corrected chi connectivity index (χ0v) is 25.5. The van der Waals surface area contributed by atoms with Crippen molar-refractivity contribution >= 4 is 28.7 Å². The fourth-order valence-corrected chi connectivity index (χ4v) is 4.46. The Labute approximate surface area is 256 Å². The molecular formula is C29H34FN5O8S. The van der Waals surface area contributed by atoms with Gasteiger partial charge in [-0.15, -0.1) is 0 Å². The lowest BCUT2D eigenvalue weighted by atomic mass is 10.2. The summed E-state index contributed by atoms with van der Waals surface area (Å²) in [5, 5.41) is 17.0. The van der Waals surface area contributed by atoms with Crippen LogP contribution in [0.5, 0.6) is 5.75 Å². The van der Waals surface area contributed by atoms with Gasteiger partial charge in [0.2, 0.25) is 5.91 Å². The van der Waals surface area contributed by atoms with E-state index in [0.29, 0.717) is 36.9 Å². The third kappa shape index (κ3) is 10.8. The number of amides is 2. The van der Waals surface area contributed by atoms with Gasteiger partial charge in [-0.2, -0.15) is 0 Å². The van der Waals surface area contributed by atoms with Gasteiger partial charge in [-0.1, -0.05) is 28.9 Å². The van der Waals surface area contributed by atoms with E-state index in [1.165, 1.54) is 38.3 Å². The molecule has 0 aliphatic carbocycles. The van der Waals surface area contributed by atoms with E-state index in [2.05, 4.69) is 25.8 Å². The smallest absolute Gasteiger partial charge is 0.270 e. The standard InChI is InChI=1S/C17H18FN5O4.C12H16O4S/c1-9-20-13(16(23-26)22-10(2)24)7-14(21-9)17(25)19-8-11-4-5-12(18)15(6-11)27-3;1-10-2-4-12(5-3-10)17(13)16-9-11-8-14-6-7-15-11/h4-7,26H,8H2,1-3H3,(H,19,25)(H,22,23,24);2-5,11H,6-9H2,1H3. The zero-order valence-electron chi connectivity index (χ0n) is 24.7. The van der Waals surface area contributed by atoms with Crippen molar-refractivity contribution in [3.63, 3.8) is 0 Å². The second-order valence-electron chi connectivity index (χ2n) is 9.37. The van der Waals surface area contributed by atoms with Crippen molar-refractivity contribution in [2.75, 3.05) is 33.5 Å². The maximum absolute atomic E-state index is 13.4. The molecular weight excluding hydrogens is 597 g/mol. The molecule has 0 spiro atoms. The predicted molar refractivity (Wildman–Crippen MR) is 157 cm³/mol. The lowest BCUT2D eigenvalue weighted by Gasteiger charge is -2.22. The van der Waals surface area contributed by atoms with Gasteiger partial charge >= 0.3 is 0 Å². The first-order valence-electron chi connectivity index (χ1n) is 13.4. The Kier molecular flexibility index (Phi) is 13.3. The highest BCUT2D eigenvalue weighted by Crippen LogP contribution is 2.18. The molecule has 1 aliphatic heterocycles. The number of aryl methyl sites for hydroxylation is 2. The molecule has 1 aromatic heterocycles. The number of benzene rings is 2. The van der Waals surface area contributed by atoms with Gasteiger partial charge in [0.05, 0.1) is 38.4 Å². The van der Waals surface area contributed by atoms with Gasteiger partial charge in [-0.3, -0.25) is 13.8 Å². The molecule has 236 valence electrons. The summed E-state index contributed by atoms with van der Waals surface area (Å²) in [7, 11) is 1.35. The molecule has 2 heterocycles. The number of halogens is 1. The van der Waals surface area contributed by atoms with Gasteiger partial charge in [-0.05, 0) is 49.7 Å². The molecule has 0 bridgehead atoms. The number of rotatable bonds is 9. The van der Waals surface area contributed by atoms with E-state index in [1.807, 2.05) is 31.2 Å². The number of methoxy groups -OCH3 is 1. The van der Waals surface area contributed by atoms with Gasteiger partial charge in [0, 0.05) is 13.5 Å². The number of amidine groups is 1. The highest BCUT2D eigenvalue weighted by atomic mass is 32.2. The Bertz CT molecular complexity index is 1480. The first kappa shape index (κ1) is 34.2. The van der Waals surface area contributed by atoms with Crippen LogP contribution in [0, 0.1) is 19.7 Å². The van der Waals surface area contributed by atoms with Gasteiger partial charge < -0.3 is 30.1 Å². The third-order valence-electron chi connectivity index (χ3n) is 5.84. The van der Waals surface area contributed by atoms with Gasteiger partial charge in [0.25, 0.3) is 5.91 Å². The second kappa shape index (κ2) is 17.1. The van der Waals surface area contributed by atoms with Crippen LogP contribution in [0.2, 0.25) is 0 Å². The van der Waals surface area contributed by atoms with Gasteiger partial charge in [0.15, 0.2) is 28.5 Å². The monoisotopic (exact) mass is 631 g/mol. The maximum atomic E-state index is 13.4. The maximum Gasteiger partial charge on any atom is 0.270 e. The first-order chi connectivity index (χ1) is 21.1. The van der Waals surface area contributed by atoms with Crippen LogP contribution in [-0.2, 0) is 36.1 Å². The minimum absolute atomic E-state index is 0.0121. The molecule has 0 radical (unpaired) electrons. The van der Waals surface area contributed by atoms with Crippen molar-refractivity contribution in [3.05, 3.63) is 82.7 Å². The molecule has 44 heavy (non-hydrogen) atoms. The molecule has 2 atom stereocenters. The second-order valence-corrected chi connectivity index (χ2v) is 10.5. The van der Waals surface area contributed by atoms with E-state index < -0.39 is 28.7 Å². The third-order valence-corrected chi connectivity index (χ3v) is 6.84. The van der Waals surface area contributed by atoms with Crippen LogP contribution in [0.4, 0.5) is 4.39 Å². The van der Waals surface area contributed by atoms with Gasteiger partial charge in [0.1, 0.15) is 23.3 Å². The fourth-order valence-electron chi connectivity index (χ4n) is 3.69. The summed E-state index contributed by atoms with van der Waals surface area (Å²) in [5.41, 5.74) is 1.85. The van der Waals surface area contributed by atoms with Crippen molar-refractivity contribution in [1.82, 2.24) is 20.6 Å². The summed E-state index contributed by atoms with van der Waals surface area (Å²) in [6.07, 6.45) is -0.113. The number of hydrogen-bond acceptors (Lipinski definition) is 11. The van der Waals surface area contributed by atoms with Crippen LogP contribution >= 0.6 is 0 Å². The SMILES string of the molecule is COc1cc(CNC(=O)c2cc(/C(=N\O)NC(C)=O)nc(C)n2)ccc1F.Cc1ccc(S(=O)OCC2COCCO2)cc1. The minimum atomic E-state index is -1.43. The summed E-state index contributed by atoms with van der Waals surface area (Å²) < 4.78 is 46.0. The molecule has 2 aromatic carbocycles. The largest absolute Gasteiger partial charge is 0.494 e. The van der Waals surface area contributed by atoms with E-state index >= 15 is 0 Å². The molecule has 4 rings (SSSR count). The quantitative estimate of drug-likeness (QED) is 0.138. The first-order valence-corrected chi connectivity index (χ1v) is 14.4. The van der Waals surface area contributed by atoms with E-state index in [4.69, 9.17) is 23.6 Å². The lowest BCUT2D eigenvalue weighted by molar-refractivity contribution is -0.117. The Morgan fingerprint density at radius 2 is 1.84 bits per heavy atom. The van der Waals surface area contributed by atoms with Crippen molar-refractivity contribution in [3.8, 4) is 5.75 Å². The van der Waals surface area contributed by atoms with Crippen LogP contribution in [0.1, 0.15) is 40.1 Å². The normalized spacial score (nSPS) is 15.4. The summed E-state index contributed by atoms with van der Waals surface area (Å²) in [5.74, 6) is -1.38. The fraction of sp³-hybridized carbons (Fsp3) is 0.345. The number of oxime groups is 1. The summed E-state index contributed by atoms with van der Waals surface area (Å²) >= 11 is -1.43. The number of ether oxygens (including phenoxy) is 3. The van der Waals surface area contributed by atoms with E-state index in [9.17, 15) is 18.2 Å². The topological polar surface area (TPSA) is 171 Å². The summed E-state index contributed by atoms with van der Waals surface area (Å²) in [6.45, 7) is 6.88. The van der Waals surface area contributed by atoms with Gasteiger partial charge in [-0.25, -0.2) is 18.6 Å². The zero-order chi connectivity index (χ0) is 32.1. The average Bonchev–Trinajstić information content (AvgIpc) is 3.02. The predicted octanol–water partition coefficient (Wildman–Crippen LogP) is 2.58. The molecule has 3 aromatic rings. The van der Waals surface area contributed by atoms with Crippen LogP contribution < -0.4 is 15.4 Å². The molecule has 3 N–H and O–H groups in total. The average molecular weight is 632 g/mol. The van der Waals surface area contributed by atoms with E-state index in [1.54, 1.807) is 6.92 Å². The number of carbonyl (C=O) groups excluding carboxylic acids is 2. The Morgan fingerprint density at radius 3 is 2.48 bits per heavy atom. The van der Waals surface area contributed by atoms with E-state index in [0.717, 1.165) is 5.56 Å². The highest BCUT2D eigenvalue weighted by molar-refractivity contribution is 7.80. The molecule has 1 aliphatic rings. The lowest BCUT2D eigenvalue weighted by Crippen LogP contribution is -2.32. The Hall–Kier alpha value is -4.31. The minimum Gasteiger partial charge on any atom is -0.494 e.